The Morgan fingerprint density at radius 1 is 1.17 bits per heavy atom. The summed E-state index contributed by atoms with van der Waals surface area (Å²) in [5, 5.41) is 10.8. The van der Waals surface area contributed by atoms with Crippen molar-refractivity contribution in [2.24, 2.45) is 0 Å². The Morgan fingerprint density at radius 2 is 1.83 bits per heavy atom. The maximum atomic E-state index is 11.9. The molecule has 0 N–H and O–H groups in total. The molecule has 1 saturated carbocycles. The van der Waals surface area contributed by atoms with Crippen LogP contribution in [0.4, 0.5) is 5.69 Å². The summed E-state index contributed by atoms with van der Waals surface area (Å²) in [7, 11) is 0. The van der Waals surface area contributed by atoms with Crippen molar-refractivity contribution in [2.75, 3.05) is 0 Å². The van der Waals surface area contributed by atoms with Crippen LogP contribution in [0, 0.1) is 41.7 Å². The van der Waals surface area contributed by atoms with Crippen LogP contribution >= 0.6 is 0 Å². The van der Waals surface area contributed by atoms with Crippen LogP contribution in [0.1, 0.15) is 10.4 Å². The molecule has 0 aromatic heterocycles. The van der Waals surface area contributed by atoms with E-state index in [1.54, 1.807) is 12.1 Å². The van der Waals surface area contributed by atoms with E-state index < -0.39 is 4.92 Å². The van der Waals surface area contributed by atoms with Gasteiger partial charge in [0.1, 0.15) is 0 Å². The Morgan fingerprint density at radius 3 is 2.50 bits per heavy atom. The fraction of sp³-hybridized carbons (Fsp3) is 0. The normalized spacial score (nSPS) is 16.2. The van der Waals surface area contributed by atoms with E-state index in [2.05, 4.69) is 0 Å². The fourth-order valence-corrected chi connectivity index (χ4v) is 1.60. The van der Waals surface area contributed by atoms with E-state index in [1.807, 2.05) is 25.7 Å². The number of nitro benzene ring substituents is 1. The molecule has 1 aliphatic carbocycles. The minimum absolute atomic E-state index is 0.102. The number of hydrogen-bond acceptors (Lipinski definition) is 3. The van der Waals surface area contributed by atoms with E-state index in [0.29, 0.717) is 0 Å². The van der Waals surface area contributed by atoms with Crippen LogP contribution in [-0.2, 0) is 0 Å². The lowest BCUT2D eigenvalue weighted by atomic mass is 10.0. The maximum Gasteiger partial charge on any atom is 0.280 e. The number of nitrogens with zero attached hydrogens (tertiary/aromatic N) is 1. The van der Waals surface area contributed by atoms with Gasteiger partial charge in [-0.2, -0.15) is 0 Å². The lowest BCUT2D eigenvalue weighted by molar-refractivity contribution is -0.385. The topological polar surface area (TPSA) is 60.2 Å². The summed E-state index contributed by atoms with van der Waals surface area (Å²) in [6, 6.07) is 5.92. The average molecular weight is 240 g/mol. The van der Waals surface area contributed by atoms with Crippen molar-refractivity contribution in [2.45, 2.75) is 0 Å². The Balaban J connectivity index is 2.15. The zero-order chi connectivity index (χ0) is 13.0. The average Bonchev–Trinajstić information content (AvgIpc) is 2.89. The van der Waals surface area contributed by atoms with E-state index in [4.69, 9.17) is 0 Å². The zero-order valence-corrected chi connectivity index (χ0v) is 9.45. The molecule has 5 radical (unpaired) electrons. The summed E-state index contributed by atoms with van der Waals surface area (Å²) in [6.45, 7) is 0. The van der Waals surface area contributed by atoms with Gasteiger partial charge in [0.05, 0.1) is 10.5 Å². The zero-order valence-electron chi connectivity index (χ0n) is 9.45. The second-order valence-corrected chi connectivity index (χ2v) is 3.69. The third-order valence-corrected chi connectivity index (χ3v) is 2.48. The van der Waals surface area contributed by atoms with Gasteiger partial charge in [-0.25, -0.2) is 0 Å². The van der Waals surface area contributed by atoms with E-state index >= 15 is 0 Å². The second-order valence-electron chi connectivity index (χ2n) is 3.69. The highest BCUT2D eigenvalue weighted by Crippen LogP contribution is 2.25. The Kier molecular flexibility index (Phi) is 3.87. The minimum atomic E-state index is -0.552. The highest BCUT2D eigenvalue weighted by Gasteiger charge is 2.18. The Hall–Kier alpha value is -1.97. The van der Waals surface area contributed by atoms with Gasteiger partial charge in [0.15, 0.2) is 5.78 Å². The van der Waals surface area contributed by atoms with E-state index in [-0.39, 0.29) is 17.0 Å². The number of para-hydroxylation sites is 1. The van der Waals surface area contributed by atoms with Crippen molar-refractivity contribution in [3.63, 3.8) is 0 Å². The standard InChI is InChI=1S/C14H10NO3/c16-14(10-9-11-5-1-2-6-11)12-7-3-4-8-13(12)15(17)18/h1-10H/b10-9+. The lowest BCUT2D eigenvalue weighted by Gasteiger charge is -2.00. The maximum absolute atomic E-state index is 11.9. The molecule has 0 unspecified atom stereocenters. The molecule has 1 aromatic rings. The summed E-state index contributed by atoms with van der Waals surface area (Å²) in [5.74, 6) is 0.519. The van der Waals surface area contributed by atoms with Gasteiger partial charge in [0, 0.05) is 12.0 Å². The molecule has 18 heavy (non-hydrogen) atoms. The summed E-state index contributed by atoms with van der Waals surface area (Å²) < 4.78 is 0. The first-order valence-corrected chi connectivity index (χ1v) is 5.36. The quantitative estimate of drug-likeness (QED) is 0.352. The molecule has 0 amide bonds. The molecule has 2 rings (SSSR count). The summed E-state index contributed by atoms with van der Waals surface area (Å²) in [4.78, 5) is 22.1. The number of benzene rings is 1. The molecule has 4 nitrogen and oxygen atoms in total. The fourth-order valence-electron chi connectivity index (χ4n) is 1.60. The number of hydrogen-bond donors (Lipinski definition) is 0. The van der Waals surface area contributed by atoms with Gasteiger partial charge in [-0.3, -0.25) is 14.9 Å². The van der Waals surface area contributed by atoms with E-state index in [0.717, 1.165) is 5.92 Å². The van der Waals surface area contributed by atoms with Gasteiger partial charge >= 0.3 is 0 Å². The molecule has 0 heterocycles. The van der Waals surface area contributed by atoms with Crippen LogP contribution in [0.15, 0.2) is 36.4 Å². The van der Waals surface area contributed by atoms with Crippen molar-refractivity contribution in [1.29, 1.82) is 0 Å². The molecular formula is C14H10NO3. The monoisotopic (exact) mass is 240 g/mol. The van der Waals surface area contributed by atoms with Gasteiger partial charge < -0.3 is 0 Å². The molecule has 0 spiro atoms. The van der Waals surface area contributed by atoms with Crippen molar-refractivity contribution >= 4 is 11.5 Å². The van der Waals surface area contributed by atoms with Gasteiger partial charge in [-0.15, -0.1) is 0 Å². The first-order valence-electron chi connectivity index (χ1n) is 5.36. The van der Waals surface area contributed by atoms with Crippen LogP contribution in [0.2, 0.25) is 0 Å². The van der Waals surface area contributed by atoms with Crippen molar-refractivity contribution in [1.82, 2.24) is 0 Å². The van der Waals surface area contributed by atoms with Crippen molar-refractivity contribution < 1.29 is 9.72 Å². The van der Waals surface area contributed by atoms with Crippen LogP contribution in [-0.4, -0.2) is 10.7 Å². The van der Waals surface area contributed by atoms with Crippen LogP contribution < -0.4 is 0 Å². The number of rotatable bonds is 4. The molecule has 1 aliphatic rings. The first kappa shape index (κ1) is 12.5. The van der Waals surface area contributed by atoms with Gasteiger partial charge in [0.2, 0.25) is 0 Å². The Labute approximate surface area is 105 Å². The molecule has 1 fully saturated rings. The van der Waals surface area contributed by atoms with E-state index in [1.165, 1.54) is 24.3 Å². The number of carbonyl (C=O) groups is 1. The van der Waals surface area contributed by atoms with Gasteiger partial charge in [0.25, 0.3) is 5.69 Å². The summed E-state index contributed by atoms with van der Waals surface area (Å²) >= 11 is 0. The molecule has 0 bridgehead atoms. The number of allylic oxidation sites excluding steroid dienone is 2. The predicted octanol–water partition coefficient (Wildman–Crippen LogP) is 2.74. The van der Waals surface area contributed by atoms with Crippen molar-refractivity contribution in [3.8, 4) is 0 Å². The van der Waals surface area contributed by atoms with E-state index in [9.17, 15) is 14.9 Å². The number of carbonyl (C=O) groups excluding carboxylic acids is 1. The number of ketones is 1. The predicted molar refractivity (Wildman–Crippen MR) is 67.0 cm³/mol. The minimum Gasteiger partial charge on any atom is -0.289 e. The smallest absolute Gasteiger partial charge is 0.280 e. The largest absolute Gasteiger partial charge is 0.289 e. The van der Waals surface area contributed by atoms with Gasteiger partial charge in [-0.05, 0) is 37.8 Å². The Bertz CT molecular complexity index is 488. The van der Waals surface area contributed by atoms with Crippen molar-refractivity contribution in [3.05, 3.63) is 83.7 Å². The second kappa shape index (κ2) is 5.58. The molecule has 4 heteroatoms. The lowest BCUT2D eigenvalue weighted by Crippen LogP contribution is -2.01. The molecule has 0 saturated heterocycles. The van der Waals surface area contributed by atoms with Crippen LogP contribution in [0.25, 0.3) is 0 Å². The molecule has 0 aliphatic heterocycles. The SMILES string of the molecule is O=C(/C=C/[C]1[CH][CH][CH][CH]1)c1ccccc1[N+](=O)[O-]. The molecule has 0 atom stereocenters. The molecular weight excluding hydrogens is 230 g/mol. The number of nitro groups is 1. The third-order valence-electron chi connectivity index (χ3n) is 2.48. The summed E-state index contributed by atoms with van der Waals surface area (Å²) in [5.41, 5.74) is -0.0695. The first-order chi connectivity index (χ1) is 8.68. The third kappa shape index (κ3) is 2.83. The highest BCUT2D eigenvalue weighted by molar-refractivity contribution is 6.07. The molecule has 1 aromatic carbocycles. The molecule has 89 valence electrons. The van der Waals surface area contributed by atoms with Crippen LogP contribution in [0.5, 0.6) is 0 Å². The highest BCUT2D eigenvalue weighted by atomic mass is 16.6. The van der Waals surface area contributed by atoms with Gasteiger partial charge in [-0.1, -0.05) is 18.2 Å². The van der Waals surface area contributed by atoms with Crippen LogP contribution in [0.3, 0.4) is 0 Å². The summed E-state index contributed by atoms with van der Waals surface area (Å²) in [6.07, 6.45) is 10.4.